The second kappa shape index (κ2) is 9.18. The summed E-state index contributed by atoms with van der Waals surface area (Å²) in [6, 6.07) is 6.48. The van der Waals surface area contributed by atoms with E-state index in [1.54, 1.807) is 23.5 Å². The van der Waals surface area contributed by atoms with Crippen molar-refractivity contribution in [1.82, 2.24) is 10.9 Å². The number of nitrogens with one attached hydrogen (secondary N) is 2. The molecule has 1 aromatic carbocycles. The lowest BCUT2D eigenvalue weighted by atomic mass is 10.1. The van der Waals surface area contributed by atoms with Crippen LogP contribution in [-0.4, -0.2) is 31.8 Å². The highest BCUT2D eigenvalue weighted by Gasteiger charge is 2.15. The van der Waals surface area contributed by atoms with Crippen molar-refractivity contribution >= 4 is 28.9 Å². The Morgan fingerprint density at radius 3 is 2.26 bits per heavy atom. The molecule has 0 aliphatic carbocycles. The van der Waals surface area contributed by atoms with Crippen molar-refractivity contribution in [2.24, 2.45) is 0 Å². The van der Waals surface area contributed by atoms with E-state index in [2.05, 4.69) is 10.9 Å². The molecule has 2 amide bonds. The normalized spacial score (nSPS) is 10.2. The molecule has 1 aromatic heterocycles. The number of carbonyl (C=O) groups excluding carboxylic acids is 3. The SMILES string of the molecule is COc1ccc(C(=O)NNC(=O)CCC(=O)c2cc(C)sc2C)cc1OC. The molecule has 2 aromatic rings. The summed E-state index contributed by atoms with van der Waals surface area (Å²) in [5.41, 5.74) is 5.59. The first-order valence-electron chi connectivity index (χ1n) is 8.27. The fraction of sp³-hybridized carbons (Fsp3) is 0.316. The maximum atomic E-state index is 12.2. The van der Waals surface area contributed by atoms with Crippen LogP contribution >= 0.6 is 11.3 Å². The fourth-order valence-electron chi connectivity index (χ4n) is 2.51. The zero-order chi connectivity index (χ0) is 20.0. The number of aryl methyl sites for hydroxylation is 2. The van der Waals surface area contributed by atoms with Gasteiger partial charge >= 0.3 is 0 Å². The molecule has 0 aliphatic heterocycles. The number of hydrogen-bond acceptors (Lipinski definition) is 6. The number of hydrazine groups is 1. The highest BCUT2D eigenvalue weighted by Crippen LogP contribution is 2.27. The summed E-state index contributed by atoms with van der Waals surface area (Å²) in [4.78, 5) is 38.2. The molecule has 144 valence electrons. The van der Waals surface area contributed by atoms with E-state index in [9.17, 15) is 14.4 Å². The van der Waals surface area contributed by atoms with E-state index in [1.165, 1.54) is 20.3 Å². The summed E-state index contributed by atoms with van der Waals surface area (Å²) in [7, 11) is 2.97. The molecule has 27 heavy (non-hydrogen) atoms. The summed E-state index contributed by atoms with van der Waals surface area (Å²) in [6.45, 7) is 3.82. The van der Waals surface area contributed by atoms with Gasteiger partial charge in [-0.05, 0) is 38.1 Å². The number of ether oxygens (including phenoxy) is 2. The van der Waals surface area contributed by atoms with Gasteiger partial charge in [-0.15, -0.1) is 11.3 Å². The Bertz CT molecular complexity index is 860. The molecule has 0 saturated heterocycles. The van der Waals surface area contributed by atoms with Crippen LogP contribution in [0.4, 0.5) is 0 Å². The van der Waals surface area contributed by atoms with Crippen LogP contribution in [0.2, 0.25) is 0 Å². The third kappa shape index (κ3) is 5.30. The summed E-state index contributed by atoms with van der Waals surface area (Å²) in [6.07, 6.45) is 0.0639. The molecule has 0 spiro atoms. The van der Waals surface area contributed by atoms with Gasteiger partial charge in [0.25, 0.3) is 5.91 Å². The number of ketones is 1. The lowest BCUT2D eigenvalue weighted by Gasteiger charge is -2.10. The van der Waals surface area contributed by atoms with Gasteiger partial charge in [-0.2, -0.15) is 0 Å². The molecule has 0 unspecified atom stereocenters. The minimum atomic E-state index is -0.500. The molecule has 0 atom stereocenters. The number of amides is 2. The molecule has 0 bridgehead atoms. The number of carbonyl (C=O) groups is 3. The van der Waals surface area contributed by atoms with Gasteiger partial charge in [0.1, 0.15) is 0 Å². The zero-order valence-corrected chi connectivity index (χ0v) is 16.5. The Morgan fingerprint density at radius 1 is 0.963 bits per heavy atom. The monoisotopic (exact) mass is 390 g/mol. The maximum Gasteiger partial charge on any atom is 0.269 e. The first kappa shape index (κ1) is 20.4. The van der Waals surface area contributed by atoms with E-state index < -0.39 is 11.8 Å². The third-order valence-electron chi connectivity index (χ3n) is 3.88. The molecule has 0 saturated carbocycles. The second-order valence-electron chi connectivity index (χ2n) is 5.82. The average molecular weight is 390 g/mol. The molecule has 8 heteroatoms. The van der Waals surface area contributed by atoms with E-state index in [0.717, 1.165) is 9.75 Å². The average Bonchev–Trinajstić information content (AvgIpc) is 3.01. The van der Waals surface area contributed by atoms with Crippen molar-refractivity contribution < 1.29 is 23.9 Å². The first-order valence-corrected chi connectivity index (χ1v) is 9.08. The predicted molar refractivity (Wildman–Crippen MR) is 103 cm³/mol. The predicted octanol–water partition coefficient (Wildman–Crippen LogP) is 2.81. The smallest absolute Gasteiger partial charge is 0.269 e. The summed E-state index contributed by atoms with van der Waals surface area (Å²) < 4.78 is 10.3. The Balaban J connectivity index is 1.85. The largest absolute Gasteiger partial charge is 0.493 e. The van der Waals surface area contributed by atoms with E-state index in [1.807, 2.05) is 19.9 Å². The minimum Gasteiger partial charge on any atom is -0.493 e. The number of Topliss-reactive ketones (excluding diaryl/α,β-unsaturated/α-hetero) is 1. The number of rotatable bonds is 7. The van der Waals surface area contributed by atoms with Crippen molar-refractivity contribution in [3.05, 3.63) is 45.1 Å². The van der Waals surface area contributed by atoms with Gasteiger partial charge in [-0.1, -0.05) is 0 Å². The highest BCUT2D eigenvalue weighted by molar-refractivity contribution is 7.12. The number of thiophene rings is 1. The van der Waals surface area contributed by atoms with Crippen LogP contribution < -0.4 is 20.3 Å². The zero-order valence-electron chi connectivity index (χ0n) is 15.7. The van der Waals surface area contributed by atoms with Crippen LogP contribution in [-0.2, 0) is 4.79 Å². The molecule has 2 rings (SSSR count). The van der Waals surface area contributed by atoms with Crippen LogP contribution in [0, 0.1) is 13.8 Å². The maximum absolute atomic E-state index is 12.2. The topological polar surface area (TPSA) is 93.7 Å². The van der Waals surface area contributed by atoms with Gasteiger partial charge in [-0.3, -0.25) is 25.2 Å². The van der Waals surface area contributed by atoms with E-state index in [-0.39, 0.29) is 18.6 Å². The van der Waals surface area contributed by atoms with Crippen LogP contribution in [0.15, 0.2) is 24.3 Å². The summed E-state index contributed by atoms with van der Waals surface area (Å²) in [5.74, 6) is -0.126. The second-order valence-corrected chi connectivity index (χ2v) is 7.28. The van der Waals surface area contributed by atoms with Gasteiger partial charge in [0.05, 0.1) is 14.2 Å². The lowest BCUT2D eigenvalue weighted by molar-refractivity contribution is -0.121. The standard InChI is InChI=1S/C19H22N2O5S/c1-11-9-14(12(2)27-11)15(22)6-8-18(23)20-21-19(24)13-5-7-16(25-3)17(10-13)26-4/h5,7,9-10H,6,8H2,1-4H3,(H,20,23)(H,21,24). The Kier molecular flexibility index (Phi) is 6.95. The van der Waals surface area contributed by atoms with Crippen LogP contribution in [0.25, 0.3) is 0 Å². The molecule has 2 N–H and O–H groups in total. The molecular formula is C19H22N2O5S. The molecule has 1 heterocycles. The number of benzene rings is 1. The highest BCUT2D eigenvalue weighted by atomic mass is 32.1. The fourth-order valence-corrected chi connectivity index (χ4v) is 3.45. The quantitative estimate of drug-likeness (QED) is 0.560. The van der Waals surface area contributed by atoms with Crippen LogP contribution in [0.5, 0.6) is 11.5 Å². The lowest BCUT2D eigenvalue weighted by Crippen LogP contribution is -2.41. The van der Waals surface area contributed by atoms with Gasteiger partial charge in [0.2, 0.25) is 5.91 Å². The van der Waals surface area contributed by atoms with E-state index in [0.29, 0.717) is 22.6 Å². The molecule has 7 nitrogen and oxygen atoms in total. The molecule has 0 aliphatic rings. The van der Waals surface area contributed by atoms with Crippen molar-refractivity contribution in [1.29, 1.82) is 0 Å². The Hall–Kier alpha value is -2.87. The number of hydrogen-bond donors (Lipinski definition) is 2. The molecule has 0 radical (unpaired) electrons. The van der Waals surface area contributed by atoms with Crippen molar-refractivity contribution in [2.45, 2.75) is 26.7 Å². The van der Waals surface area contributed by atoms with Crippen molar-refractivity contribution in [2.75, 3.05) is 14.2 Å². The van der Waals surface area contributed by atoms with Crippen LogP contribution in [0.1, 0.15) is 43.3 Å². The third-order valence-corrected chi connectivity index (χ3v) is 4.85. The molecule has 0 fully saturated rings. The molecular weight excluding hydrogens is 368 g/mol. The van der Waals surface area contributed by atoms with Gasteiger partial charge in [-0.25, -0.2) is 0 Å². The van der Waals surface area contributed by atoms with E-state index in [4.69, 9.17) is 9.47 Å². The number of methoxy groups -OCH3 is 2. The van der Waals surface area contributed by atoms with Crippen molar-refractivity contribution in [3.8, 4) is 11.5 Å². The van der Waals surface area contributed by atoms with Gasteiger partial charge in [0.15, 0.2) is 17.3 Å². The Morgan fingerprint density at radius 2 is 1.67 bits per heavy atom. The van der Waals surface area contributed by atoms with Gasteiger partial charge < -0.3 is 9.47 Å². The summed E-state index contributed by atoms with van der Waals surface area (Å²) in [5, 5.41) is 0. The Labute approximate surface area is 161 Å². The first-order chi connectivity index (χ1) is 12.8. The van der Waals surface area contributed by atoms with Gasteiger partial charge in [0, 0.05) is 33.7 Å². The van der Waals surface area contributed by atoms with Crippen molar-refractivity contribution in [3.63, 3.8) is 0 Å². The summed E-state index contributed by atoms with van der Waals surface area (Å²) >= 11 is 1.55. The van der Waals surface area contributed by atoms with Crippen LogP contribution in [0.3, 0.4) is 0 Å². The van der Waals surface area contributed by atoms with E-state index >= 15 is 0 Å². The minimum absolute atomic E-state index is 0.0145.